The van der Waals surface area contributed by atoms with Crippen molar-refractivity contribution in [2.45, 2.75) is 32.0 Å². The topological polar surface area (TPSA) is 54.2 Å². The summed E-state index contributed by atoms with van der Waals surface area (Å²) in [6.45, 7) is 5.79. The van der Waals surface area contributed by atoms with Crippen molar-refractivity contribution in [3.8, 4) is 0 Å². The number of furan rings is 1. The summed E-state index contributed by atoms with van der Waals surface area (Å²) in [6.07, 6.45) is 4.78. The fourth-order valence-electron chi connectivity index (χ4n) is 1.96. The van der Waals surface area contributed by atoms with Crippen molar-refractivity contribution >= 4 is 23.4 Å². The molecule has 0 bridgehead atoms. The van der Waals surface area contributed by atoms with Gasteiger partial charge < -0.3 is 14.6 Å². The van der Waals surface area contributed by atoms with E-state index in [0.29, 0.717) is 0 Å². The van der Waals surface area contributed by atoms with Gasteiger partial charge in [-0.2, -0.15) is 0 Å². The number of anilines is 2. The zero-order valence-electron chi connectivity index (χ0n) is 13.0. The van der Waals surface area contributed by atoms with Gasteiger partial charge in [0.05, 0.1) is 6.26 Å². The van der Waals surface area contributed by atoms with Crippen molar-refractivity contribution in [2.24, 2.45) is 0 Å². The first-order valence-corrected chi connectivity index (χ1v) is 8.27. The maximum Gasteiger partial charge on any atom is 0.191 e. The van der Waals surface area contributed by atoms with Gasteiger partial charge in [-0.3, -0.25) is 0 Å². The van der Waals surface area contributed by atoms with Crippen LogP contribution >= 0.6 is 11.8 Å². The van der Waals surface area contributed by atoms with Crippen LogP contribution in [0.3, 0.4) is 0 Å². The summed E-state index contributed by atoms with van der Waals surface area (Å²) in [6, 6.07) is 3.99. The number of hydrogen-bond acceptors (Lipinski definition) is 6. The average molecular weight is 306 g/mol. The summed E-state index contributed by atoms with van der Waals surface area (Å²) in [5, 5.41) is 4.10. The van der Waals surface area contributed by atoms with Crippen LogP contribution < -0.4 is 10.2 Å². The molecule has 0 spiro atoms. The Morgan fingerprint density at radius 3 is 2.81 bits per heavy atom. The molecular formula is C15H22N4OS. The number of aromatic nitrogens is 2. The first-order chi connectivity index (χ1) is 10.1. The fourth-order valence-corrected chi connectivity index (χ4v) is 2.33. The lowest BCUT2D eigenvalue weighted by molar-refractivity contribution is 0.529. The van der Waals surface area contributed by atoms with E-state index in [0.717, 1.165) is 42.1 Å². The summed E-state index contributed by atoms with van der Waals surface area (Å²) < 4.78 is 5.35. The average Bonchev–Trinajstić information content (AvgIpc) is 2.90. The first kappa shape index (κ1) is 15.7. The lowest BCUT2D eigenvalue weighted by Crippen LogP contribution is -2.19. The Labute approximate surface area is 130 Å². The third kappa shape index (κ3) is 4.14. The Morgan fingerprint density at radius 2 is 2.19 bits per heavy atom. The number of aryl methyl sites for hydroxylation is 1. The molecule has 0 fully saturated rings. The van der Waals surface area contributed by atoms with E-state index in [1.54, 1.807) is 18.0 Å². The quantitative estimate of drug-likeness (QED) is 0.623. The first-order valence-electron chi connectivity index (χ1n) is 7.05. The third-order valence-corrected chi connectivity index (χ3v) is 3.74. The van der Waals surface area contributed by atoms with E-state index in [4.69, 9.17) is 4.42 Å². The standard InChI is InChI=1S/C15H22N4OS/c1-5-7-16-13-9-14(18-15(17-13)21-4)19(3)10-12-6-8-20-11(12)2/h6,8-9H,5,7,10H2,1-4H3,(H,16,17,18). The lowest BCUT2D eigenvalue weighted by atomic mass is 10.2. The zero-order chi connectivity index (χ0) is 15.2. The molecule has 2 heterocycles. The minimum absolute atomic E-state index is 0.764. The second kappa shape index (κ2) is 7.36. The minimum atomic E-state index is 0.764. The van der Waals surface area contributed by atoms with Crippen LogP contribution in [0.1, 0.15) is 24.7 Å². The maximum atomic E-state index is 5.35. The smallest absolute Gasteiger partial charge is 0.191 e. The highest BCUT2D eigenvalue weighted by Crippen LogP contribution is 2.22. The van der Waals surface area contributed by atoms with Gasteiger partial charge in [0, 0.05) is 31.8 Å². The molecule has 1 N–H and O–H groups in total. The summed E-state index contributed by atoms with van der Waals surface area (Å²) in [7, 11) is 2.03. The van der Waals surface area contributed by atoms with Crippen LogP contribution in [0.2, 0.25) is 0 Å². The fraction of sp³-hybridized carbons (Fsp3) is 0.467. The van der Waals surface area contributed by atoms with E-state index in [-0.39, 0.29) is 0 Å². The lowest BCUT2D eigenvalue weighted by Gasteiger charge is -2.19. The van der Waals surface area contributed by atoms with Gasteiger partial charge in [-0.25, -0.2) is 9.97 Å². The van der Waals surface area contributed by atoms with Gasteiger partial charge in [0.1, 0.15) is 17.4 Å². The molecule has 5 nitrogen and oxygen atoms in total. The highest BCUT2D eigenvalue weighted by molar-refractivity contribution is 7.98. The molecule has 0 saturated heterocycles. The van der Waals surface area contributed by atoms with Gasteiger partial charge in [0.15, 0.2) is 5.16 Å². The molecule has 2 rings (SSSR count). The molecule has 0 saturated carbocycles. The molecule has 6 heteroatoms. The summed E-state index contributed by atoms with van der Waals surface area (Å²) >= 11 is 1.55. The van der Waals surface area contributed by atoms with Gasteiger partial charge >= 0.3 is 0 Å². The monoisotopic (exact) mass is 306 g/mol. The Bertz CT molecular complexity index is 585. The molecular weight excluding hydrogens is 284 g/mol. The molecule has 0 aromatic carbocycles. The van der Waals surface area contributed by atoms with Crippen molar-refractivity contribution in [3.05, 3.63) is 29.7 Å². The van der Waals surface area contributed by atoms with E-state index in [1.807, 2.05) is 32.4 Å². The summed E-state index contributed by atoms with van der Waals surface area (Å²) in [5.74, 6) is 2.74. The Kier molecular flexibility index (Phi) is 5.50. The summed E-state index contributed by atoms with van der Waals surface area (Å²) in [5.41, 5.74) is 1.17. The van der Waals surface area contributed by atoms with Crippen LogP contribution in [0.25, 0.3) is 0 Å². The van der Waals surface area contributed by atoms with Crippen molar-refractivity contribution < 1.29 is 4.42 Å². The van der Waals surface area contributed by atoms with Gasteiger partial charge in [0.25, 0.3) is 0 Å². The van der Waals surface area contributed by atoms with Crippen LogP contribution in [0, 0.1) is 6.92 Å². The number of hydrogen-bond donors (Lipinski definition) is 1. The highest BCUT2D eigenvalue weighted by Gasteiger charge is 2.11. The molecule has 2 aromatic rings. The van der Waals surface area contributed by atoms with Gasteiger partial charge in [-0.05, 0) is 25.7 Å². The number of thioether (sulfide) groups is 1. The predicted molar refractivity (Wildman–Crippen MR) is 88.1 cm³/mol. The molecule has 0 amide bonds. The third-order valence-electron chi connectivity index (χ3n) is 3.20. The number of nitrogens with one attached hydrogen (secondary N) is 1. The zero-order valence-corrected chi connectivity index (χ0v) is 13.8. The molecule has 0 radical (unpaired) electrons. The second-order valence-electron chi connectivity index (χ2n) is 4.88. The van der Waals surface area contributed by atoms with E-state index in [2.05, 4.69) is 27.1 Å². The highest BCUT2D eigenvalue weighted by atomic mass is 32.2. The van der Waals surface area contributed by atoms with Gasteiger partial charge in [0.2, 0.25) is 0 Å². The number of rotatable bonds is 7. The van der Waals surface area contributed by atoms with Crippen molar-refractivity contribution in [2.75, 3.05) is 30.1 Å². The van der Waals surface area contributed by atoms with E-state index in [1.165, 1.54) is 5.56 Å². The largest absolute Gasteiger partial charge is 0.469 e. The van der Waals surface area contributed by atoms with Crippen molar-refractivity contribution in [1.82, 2.24) is 9.97 Å². The van der Waals surface area contributed by atoms with Crippen molar-refractivity contribution in [1.29, 1.82) is 0 Å². The van der Waals surface area contributed by atoms with Crippen LogP contribution in [0.5, 0.6) is 0 Å². The van der Waals surface area contributed by atoms with Crippen LogP contribution in [0.4, 0.5) is 11.6 Å². The predicted octanol–water partition coefficient (Wildman–Crippen LogP) is 3.56. The molecule has 114 valence electrons. The molecule has 0 atom stereocenters. The Hall–Kier alpha value is -1.69. The Morgan fingerprint density at radius 1 is 1.38 bits per heavy atom. The SMILES string of the molecule is CCCNc1cc(N(C)Cc2ccoc2C)nc(SC)n1. The van der Waals surface area contributed by atoms with E-state index < -0.39 is 0 Å². The second-order valence-corrected chi connectivity index (χ2v) is 5.66. The van der Waals surface area contributed by atoms with E-state index >= 15 is 0 Å². The van der Waals surface area contributed by atoms with Gasteiger partial charge in [-0.15, -0.1) is 0 Å². The normalized spacial score (nSPS) is 10.7. The van der Waals surface area contributed by atoms with E-state index in [9.17, 15) is 0 Å². The van der Waals surface area contributed by atoms with Crippen LogP contribution in [-0.4, -0.2) is 29.8 Å². The molecule has 0 aliphatic heterocycles. The molecule has 21 heavy (non-hydrogen) atoms. The maximum absolute atomic E-state index is 5.35. The molecule has 0 aliphatic rings. The Balaban J connectivity index is 2.18. The van der Waals surface area contributed by atoms with Crippen LogP contribution in [0.15, 0.2) is 28.0 Å². The molecule has 0 aliphatic carbocycles. The molecule has 2 aromatic heterocycles. The van der Waals surface area contributed by atoms with Crippen molar-refractivity contribution in [3.63, 3.8) is 0 Å². The summed E-state index contributed by atoms with van der Waals surface area (Å²) in [4.78, 5) is 11.2. The van der Waals surface area contributed by atoms with Crippen LogP contribution in [-0.2, 0) is 6.54 Å². The minimum Gasteiger partial charge on any atom is -0.469 e. The molecule has 0 unspecified atom stereocenters. The van der Waals surface area contributed by atoms with Gasteiger partial charge in [-0.1, -0.05) is 18.7 Å². The number of nitrogens with zero attached hydrogens (tertiary/aromatic N) is 3.